The van der Waals surface area contributed by atoms with Gasteiger partial charge in [0.2, 0.25) is 5.91 Å². The molecule has 1 aromatic rings. The highest BCUT2D eigenvalue weighted by Gasteiger charge is 2.55. The SMILES string of the molecule is COC(=O)N[C@H](C(=O)NC[C@@H](O)CNCc1c(F)cc(C(=N)/C=C\N)cc1F)C(C)(C)C(F)(F)F. The monoisotopic (exact) mass is 509 g/mol. The first kappa shape index (κ1) is 29.8. The van der Waals surface area contributed by atoms with Crippen molar-refractivity contribution in [2.24, 2.45) is 11.1 Å². The molecule has 196 valence electrons. The Hall–Kier alpha value is -3.26. The van der Waals surface area contributed by atoms with Crippen LogP contribution in [0.15, 0.2) is 24.4 Å². The molecule has 0 fully saturated rings. The van der Waals surface area contributed by atoms with E-state index in [0.29, 0.717) is 13.8 Å². The normalized spacial score (nSPS) is 13.9. The van der Waals surface area contributed by atoms with Crippen molar-refractivity contribution >= 4 is 17.7 Å². The Morgan fingerprint density at radius 3 is 2.26 bits per heavy atom. The van der Waals surface area contributed by atoms with Gasteiger partial charge in [0.05, 0.1) is 24.3 Å². The third kappa shape index (κ3) is 8.17. The summed E-state index contributed by atoms with van der Waals surface area (Å²) in [6.07, 6.45) is -5.27. The molecule has 0 radical (unpaired) electrons. The van der Waals surface area contributed by atoms with Crippen LogP contribution in [-0.2, 0) is 16.1 Å². The van der Waals surface area contributed by atoms with Gasteiger partial charge >= 0.3 is 12.3 Å². The molecule has 2 amide bonds. The van der Waals surface area contributed by atoms with Crippen LogP contribution in [0.25, 0.3) is 0 Å². The van der Waals surface area contributed by atoms with E-state index in [9.17, 15) is 36.6 Å². The van der Waals surface area contributed by atoms with E-state index in [1.54, 1.807) is 0 Å². The molecule has 0 heterocycles. The predicted molar refractivity (Wildman–Crippen MR) is 116 cm³/mol. The van der Waals surface area contributed by atoms with E-state index in [1.165, 1.54) is 0 Å². The van der Waals surface area contributed by atoms with E-state index in [0.717, 1.165) is 31.5 Å². The Balaban J connectivity index is 2.73. The molecular weight excluding hydrogens is 481 g/mol. The van der Waals surface area contributed by atoms with Crippen molar-refractivity contribution < 1.29 is 41.4 Å². The van der Waals surface area contributed by atoms with Crippen molar-refractivity contribution in [2.45, 2.75) is 38.7 Å². The number of carbonyl (C=O) groups is 2. The van der Waals surface area contributed by atoms with Crippen molar-refractivity contribution in [1.29, 1.82) is 5.41 Å². The van der Waals surface area contributed by atoms with Crippen molar-refractivity contribution in [3.63, 3.8) is 0 Å². The second-order valence-corrected chi connectivity index (χ2v) is 8.01. The highest BCUT2D eigenvalue weighted by molar-refractivity contribution is 6.06. The topological polar surface area (TPSA) is 150 Å². The molecule has 7 N–H and O–H groups in total. The summed E-state index contributed by atoms with van der Waals surface area (Å²) < 4.78 is 72.9. The van der Waals surface area contributed by atoms with Crippen molar-refractivity contribution in [2.75, 3.05) is 20.2 Å². The third-order valence-electron chi connectivity index (χ3n) is 5.07. The molecule has 0 bridgehead atoms. The molecule has 0 saturated heterocycles. The first-order valence-corrected chi connectivity index (χ1v) is 10.2. The van der Waals surface area contributed by atoms with Gasteiger partial charge in [0.1, 0.15) is 17.7 Å². The minimum Gasteiger partial charge on any atom is -0.453 e. The number of allylic oxidation sites excluding steroid dienone is 1. The number of hydrogen-bond donors (Lipinski definition) is 6. The molecule has 2 atom stereocenters. The van der Waals surface area contributed by atoms with Crippen molar-refractivity contribution in [1.82, 2.24) is 16.0 Å². The Bertz CT molecular complexity index is 930. The zero-order valence-corrected chi connectivity index (χ0v) is 19.2. The van der Waals surface area contributed by atoms with Gasteiger partial charge in [-0.05, 0) is 38.3 Å². The number of aliphatic hydroxyl groups excluding tert-OH is 1. The van der Waals surface area contributed by atoms with Gasteiger partial charge in [-0.2, -0.15) is 13.2 Å². The summed E-state index contributed by atoms with van der Waals surface area (Å²) >= 11 is 0. The smallest absolute Gasteiger partial charge is 0.407 e. The molecule has 0 spiro atoms. The minimum atomic E-state index is -4.86. The summed E-state index contributed by atoms with van der Waals surface area (Å²) in [7, 11) is 0.917. The zero-order valence-electron chi connectivity index (χ0n) is 19.2. The lowest BCUT2D eigenvalue weighted by Gasteiger charge is -2.35. The number of aliphatic hydroxyl groups is 1. The largest absolute Gasteiger partial charge is 0.453 e. The molecule has 0 unspecified atom stereocenters. The summed E-state index contributed by atoms with van der Waals surface area (Å²) in [6.45, 7) is 0.257. The number of nitrogens with two attached hydrogens (primary N) is 1. The molecule has 35 heavy (non-hydrogen) atoms. The standard InChI is InChI=1S/C21H28F5N5O4/c1-20(2,21(24,25)26)17(31-19(34)35-3)18(33)30-9-12(32)8-29-10-13-14(22)6-11(7-15(13)23)16(28)4-5-27/h4-7,12,17,28-29,32H,8-10,27H2,1-3H3,(H,30,33)(H,31,34)/b5-4-,28-16?/t12-,17+/m0/s1. The summed E-state index contributed by atoms with van der Waals surface area (Å²) in [5.74, 6) is -3.12. The second-order valence-electron chi connectivity index (χ2n) is 8.01. The number of hydrogen-bond acceptors (Lipinski definition) is 7. The van der Waals surface area contributed by atoms with Crippen LogP contribution in [0.2, 0.25) is 0 Å². The molecule has 9 nitrogen and oxygen atoms in total. The lowest BCUT2D eigenvalue weighted by Crippen LogP contribution is -2.60. The molecule has 1 rings (SSSR count). The minimum absolute atomic E-state index is 0.0369. The number of ether oxygens (including phenoxy) is 1. The van der Waals surface area contributed by atoms with Crippen LogP contribution in [-0.4, -0.2) is 61.3 Å². The number of halogens is 5. The van der Waals surface area contributed by atoms with Crippen LogP contribution in [0.4, 0.5) is 26.7 Å². The fraction of sp³-hybridized carbons (Fsp3) is 0.476. The van der Waals surface area contributed by atoms with Crippen LogP contribution in [0.5, 0.6) is 0 Å². The maximum absolute atomic E-state index is 14.2. The van der Waals surface area contributed by atoms with Crippen LogP contribution >= 0.6 is 0 Å². The fourth-order valence-electron chi connectivity index (χ4n) is 2.79. The number of rotatable bonds is 11. The molecule has 0 aromatic heterocycles. The van der Waals surface area contributed by atoms with E-state index < -0.39 is 53.9 Å². The Morgan fingerprint density at radius 1 is 1.20 bits per heavy atom. The van der Waals surface area contributed by atoms with Gasteiger partial charge in [-0.1, -0.05) is 0 Å². The van der Waals surface area contributed by atoms with Crippen LogP contribution in [0.3, 0.4) is 0 Å². The molecule has 0 saturated carbocycles. The number of methoxy groups -OCH3 is 1. The van der Waals surface area contributed by atoms with Gasteiger partial charge in [0, 0.05) is 30.8 Å². The Labute approximate surface area is 198 Å². The van der Waals surface area contributed by atoms with E-state index in [-0.39, 0.29) is 29.9 Å². The summed E-state index contributed by atoms with van der Waals surface area (Å²) in [6, 6.07) is -0.184. The average Bonchev–Trinajstić information content (AvgIpc) is 2.76. The van der Waals surface area contributed by atoms with E-state index in [4.69, 9.17) is 11.1 Å². The van der Waals surface area contributed by atoms with Gasteiger partial charge in [-0.3, -0.25) is 4.79 Å². The zero-order chi connectivity index (χ0) is 27.0. The van der Waals surface area contributed by atoms with Gasteiger partial charge < -0.3 is 36.9 Å². The number of nitrogens with one attached hydrogen (secondary N) is 4. The maximum Gasteiger partial charge on any atom is 0.407 e. The van der Waals surface area contributed by atoms with E-state index >= 15 is 0 Å². The highest BCUT2D eigenvalue weighted by atomic mass is 19.4. The lowest BCUT2D eigenvalue weighted by molar-refractivity contribution is -0.220. The maximum atomic E-state index is 14.2. The number of carbonyl (C=O) groups excluding carboxylic acids is 2. The fourth-order valence-corrected chi connectivity index (χ4v) is 2.79. The first-order valence-electron chi connectivity index (χ1n) is 10.2. The predicted octanol–water partition coefficient (Wildman–Crippen LogP) is 1.68. The van der Waals surface area contributed by atoms with Crippen LogP contribution in [0, 0.1) is 22.5 Å². The molecule has 14 heteroatoms. The number of alkyl halides is 3. The Morgan fingerprint density at radius 2 is 1.77 bits per heavy atom. The second kappa shape index (κ2) is 12.4. The van der Waals surface area contributed by atoms with Crippen LogP contribution in [0.1, 0.15) is 25.0 Å². The first-order chi connectivity index (χ1) is 16.1. The van der Waals surface area contributed by atoms with Crippen molar-refractivity contribution in [3.8, 4) is 0 Å². The summed E-state index contributed by atoms with van der Waals surface area (Å²) in [5.41, 5.74) is 1.86. The van der Waals surface area contributed by atoms with Crippen LogP contribution < -0.4 is 21.7 Å². The van der Waals surface area contributed by atoms with Gasteiger partial charge in [-0.25, -0.2) is 13.6 Å². The van der Waals surface area contributed by atoms with E-state index in [1.807, 2.05) is 5.32 Å². The third-order valence-corrected chi connectivity index (χ3v) is 5.07. The number of amides is 2. The van der Waals surface area contributed by atoms with Crippen molar-refractivity contribution in [3.05, 3.63) is 47.2 Å². The molecule has 1 aromatic carbocycles. The van der Waals surface area contributed by atoms with Gasteiger partial charge in [0.15, 0.2) is 0 Å². The summed E-state index contributed by atoms with van der Waals surface area (Å²) in [4.78, 5) is 23.8. The summed E-state index contributed by atoms with van der Waals surface area (Å²) in [5, 5.41) is 24.2. The quantitative estimate of drug-likeness (QED) is 0.197. The number of benzene rings is 1. The average molecular weight is 509 g/mol. The van der Waals surface area contributed by atoms with Gasteiger partial charge in [-0.15, -0.1) is 0 Å². The molecule has 0 aliphatic heterocycles. The lowest BCUT2D eigenvalue weighted by atomic mass is 9.83. The number of alkyl carbamates (subject to hydrolysis) is 1. The highest BCUT2D eigenvalue weighted by Crippen LogP contribution is 2.40. The van der Waals surface area contributed by atoms with Gasteiger partial charge in [0.25, 0.3) is 0 Å². The Kier molecular flexibility index (Phi) is 10.6. The molecule has 0 aliphatic rings. The van der Waals surface area contributed by atoms with E-state index in [2.05, 4.69) is 15.4 Å². The molecular formula is C21H28F5N5O4. The molecule has 0 aliphatic carbocycles.